The molecule has 0 saturated heterocycles. The van der Waals surface area contributed by atoms with Crippen molar-refractivity contribution in [2.24, 2.45) is 5.92 Å². The number of aliphatic hydroxyl groups is 1. The summed E-state index contributed by atoms with van der Waals surface area (Å²) >= 11 is 1.87. The summed E-state index contributed by atoms with van der Waals surface area (Å²) in [7, 11) is 0. The number of thioether (sulfide) groups is 1. The Labute approximate surface area is 134 Å². The van der Waals surface area contributed by atoms with E-state index in [-0.39, 0.29) is 5.56 Å². The summed E-state index contributed by atoms with van der Waals surface area (Å²) in [5, 5.41) is 10.5. The first kappa shape index (κ1) is 15.6. The fourth-order valence-electron chi connectivity index (χ4n) is 3.10. The van der Waals surface area contributed by atoms with E-state index in [1.165, 1.54) is 0 Å². The highest BCUT2D eigenvalue weighted by atomic mass is 32.2. The summed E-state index contributed by atoms with van der Waals surface area (Å²) in [4.78, 5) is 19.7. The fraction of sp³-hybridized carbons (Fsp3) is 0.529. The number of nitrogens with zero attached hydrogens (tertiary/aromatic N) is 1. The van der Waals surface area contributed by atoms with Crippen molar-refractivity contribution in [3.63, 3.8) is 0 Å². The zero-order valence-electron chi connectivity index (χ0n) is 12.8. The molecule has 2 N–H and O–H groups in total. The lowest BCUT2D eigenvalue weighted by molar-refractivity contribution is 0.192. The molecule has 0 atom stereocenters. The number of hydrogen-bond donors (Lipinski definition) is 2. The van der Waals surface area contributed by atoms with Crippen LogP contribution >= 0.6 is 11.8 Å². The van der Waals surface area contributed by atoms with Crippen LogP contribution in [0.1, 0.15) is 37.1 Å². The molecule has 1 fully saturated rings. The van der Waals surface area contributed by atoms with Crippen LogP contribution < -0.4 is 5.56 Å². The first-order valence-electron chi connectivity index (χ1n) is 7.88. The maximum atomic E-state index is 12.2. The average Bonchev–Trinajstić information content (AvgIpc) is 2.54. The molecular weight excluding hydrogens is 296 g/mol. The number of H-pyrrole nitrogens is 1. The topological polar surface area (TPSA) is 66.0 Å². The molecule has 0 aliphatic heterocycles. The SMILES string of the molecule is Cc1cccc2c(=O)[nH]c(CSC3CCC(CO)CC3)nc12. The molecule has 1 saturated carbocycles. The van der Waals surface area contributed by atoms with Crippen LogP contribution in [0.5, 0.6) is 0 Å². The Bertz CT molecular complexity index is 705. The molecule has 22 heavy (non-hydrogen) atoms. The first-order valence-corrected chi connectivity index (χ1v) is 8.93. The smallest absolute Gasteiger partial charge is 0.258 e. The minimum Gasteiger partial charge on any atom is -0.396 e. The lowest BCUT2D eigenvalue weighted by Crippen LogP contribution is -2.19. The molecule has 1 aliphatic rings. The second kappa shape index (κ2) is 6.84. The van der Waals surface area contributed by atoms with Gasteiger partial charge in [-0.05, 0) is 50.2 Å². The minimum atomic E-state index is -0.0479. The van der Waals surface area contributed by atoms with E-state index < -0.39 is 0 Å². The molecule has 0 amide bonds. The highest BCUT2D eigenvalue weighted by Crippen LogP contribution is 2.32. The van der Waals surface area contributed by atoms with E-state index in [1.807, 2.05) is 36.9 Å². The number of fused-ring (bicyclic) bond motifs is 1. The van der Waals surface area contributed by atoms with Crippen LogP contribution in [0.2, 0.25) is 0 Å². The molecule has 5 heteroatoms. The number of para-hydroxylation sites is 1. The quantitative estimate of drug-likeness (QED) is 0.909. The van der Waals surface area contributed by atoms with Crippen molar-refractivity contribution in [3.05, 3.63) is 39.9 Å². The molecule has 1 heterocycles. The van der Waals surface area contributed by atoms with E-state index in [9.17, 15) is 9.90 Å². The van der Waals surface area contributed by atoms with Crippen molar-refractivity contribution >= 4 is 22.7 Å². The van der Waals surface area contributed by atoms with Crippen molar-refractivity contribution in [2.75, 3.05) is 6.61 Å². The fourth-order valence-corrected chi connectivity index (χ4v) is 4.23. The molecule has 0 spiro atoms. The predicted molar refractivity (Wildman–Crippen MR) is 91.2 cm³/mol. The molecule has 0 unspecified atom stereocenters. The zero-order chi connectivity index (χ0) is 15.5. The van der Waals surface area contributed by atoms with Gasteiger partial charge in [0.25, 0.3) is 5.56 Å². The molecule has 1 aromatic heterocycles. The minimum absolute atomic E-state index is 0.0479. The van der Waals surface area contributed by atoms with Gasteiger partial charge in [-0.3, -0.25) is 4.79 Å². The van der Waals surface area contributed by atoms with Crippen LogP contribution in [0, 0.1) is 12.8 Å². The number of rotatable bonds is 4. The van der Waals surface area contributed by atoms with E-state index >= 15 is 0 Å². The highest BCUT2D eigenvalue weighted by molar-refractivity contribution is 7.99. The number of aliphatic hydroxyl groups excluding tert-OH is 1. The molecule has 0 radical (unpaired) electrons. The Balaban J connectivity index is 1.70. The van der Waals surface area contributed by atoms with Gasteiger partial charge in [0, 0.05) is 11.9 Å². The number of nitrogens with one attached hydrogen (secondary N) is 1. The molecule has 1 aromatic carbocycles. The van der Waals surface area contributed by atoms with Gasteiger partial charge in [0.05, 0.1) is 16.7 Å². The Morgan fingerprint density at radius 2 is 2.09 bits per heavy atom. The van der Waals surface area contributed by atoms with Crippen molar-refractivity contribution < 1.29 is 5.11 Å². The van der Waals surface area contributed by atoms with Gasteiger partial charge in [-0.15, -0.1) is 0 Å². The van der Waals surface area contributed by atoms with Crippen LogP contribution in [0.4, 0.5) is 0 Å². The molecule has 3 rings (SSSR count). The van der Waals surface area contributed by atoms with E-state index in [4.69, 9.17) is 0 Å². The molecule has 118 valence electrons. The normalized spacial score (nSPS) is 22.1. The summed E-state index contributed by atoms with van der Waals surface area (Å²) in [6.45, 7) is 2.30. The van der Waals surface area contributed by atoms with Gasteiger partial charge in [0.2, 0.25) is 0 Å². The van der Waals surface area contributed by atoms with Gasteiger partial charge in [-0.25, -0.2) is 4.98 Å². The number of aromatic nitrogens is 2. The summed E-state index contributed by atoms with van der Waals surface area (Å²) in [6, 6.07) is 5.70. The molecule has 2 aromatic rings. The maximum absolute atomic E-state index is 12.2. The summed E-state index contributed by atoms with van der Waals surface area (Å²) in [5.41, 5.74) is 1.80. The molecular formula is C17H22N2O2S. The molecule has 0 bridgehead atoms. The lowest BCUT2D eigenvalue weighted by Gasteiger charge is -2.26. The van der Waals surface area contributed by atoms with Crippen molar-refractivity contribution in [1.29, 1.82) is 0 Å². The highest BCUT2D eigenvalue weighted by Gasteiger charge is 2.21. The monoisotopic (exact) mass is 318 g/mol. The standard InChI is InChI=1S/C17H22N2O2S/c1-11-3-2-4-14-16(11)18-15(19-17(14)21)10-22-13-7-5-12(9-20)6-8-13/h2-4,12-13,20H,5-10H2,1H3,(H,18,19,21). The van der Waals surface area contributed by atoms with Gasteiger partial charge in [0.15, 0.2) is 0 Å². The zero-order valence-corrected chi connectivity index (χ0v) is 13.7. The third-order valence-electron chi connectivity index (χ3n) is 4.49. The number of aryl methyl sites for hydroxylation is 1. The summed E-state index contributed by atoms with van der Waals surface area (Å²) in [5.74, 6) is 1.99. The average molecular weight is 318 g/mol. The van der Waals surface area contributed by atoms with Crippen molar-refractivity contribution in [3.8, 4) is 0 Å². The van der Waals surface area contributed by atoms with Crippen molar-refractivity contribution in [2.45, 2.75) is 43.6 Å². The molecule has 4 nitrogen and oxygen atoms in total. The maximum Gasteiger partial charge on any atom is 0.258 e. The Morgan fingerprint density at radius 3 is 2.82 bits per heavy atom. The van der Waals surface area contributed by atoms with Crippen LogP contribution in [-0.2, 0) is 5.75 Å². The van der Waals surface area contributed by atoms with E-state index in [2.05, 4.69) is 9.97 Å². The van der Waals surface area contributed by atoms with E-state index in [0.29, 0.717) is 23.2 Å². The van der Waals surface area contributed by atoms with Crippen LogP contribution in [-0.4, -0.2) is 26.9 Å². The Morgan fingerprint density at radius 1 is 1.32 bits per heavy atom. The van der Waals surface area contributed by atoms with Crippen molar-refractivity contribution in [1.82, 2.24) is 9.97 Å². The second-order valence-corrected chi connectivity index (χ2v) is 7.41. The number of aromatic amines is 1. The van der Waals surface area contributed by atoms with Gasteiger partial charge in [-0.1, -0.05) is 12.1 Å². The first-order chi connectivity index (χ1) is 10.7. The van der Waals surface area contributed by atoms with Gasteiger partial charge in [0.1, 0.15) is 5.82 Å². The summed E-state index contributed by atoms with van der Waals surface area (Å²) in [6.07, 6.45) is 4.50. The number of benzene rings is 1. The largest absolute Gasteiger partial charge is 0.396 e. The Kier molecular flexibility index (Phi) is 4.84. The second-order valence-electron chi connectivity index (χ2n) is 6.12. The van der Waals surface area contributed by atoms with Crippen LogP contribution in [0.3, 0.4) is 0 Å². The third-order valence-corrected chi connectivity index (χ3v) is 5.88. The van der Waals surface area contributed by atoms with Gasteiger partial charge < -0.3 is 10.1 Å². The van der Waals surface area contributed by atoms with E-state index in [1.54, 1.807) is 0 Å². The van der Waals surface area contributed by atoms with E-state index in [0.717, 1.165) is 48.3 Å². The van der Waals surface area contributed by atoms with Gasteiger partial charge >= 0.3 is 0 Å². The molecule has 1 aliphatic carbocycles. The lowest BCUT2D eigenvalue weighted by atomic mass is 9.90. The summed E-state index contributed by atoms with van der Waals surface area (Å²) < 4.78 is 0. The predicted octanol–water partition coefficient (Wildman–Crippen LogP) is 3.02. The van der Waals surface area contributed by atoms with Crippen LogP contribution in [0.25, 0.3) is 10.9 Å². The van der Waals surface area contributed by atoms with Gasteiger partial charge in [-0.2, -0.15) is 11.8 Å². The van der Waals surface area contributed by atoms with Crippen LogP contribution in [0.15, 0.2) is 23.0 Å². The number of hydrogen-bond acceptors (Lipinski definition) is 4. The third kappa shape index (κ3) is 3.36. The Hall–Kier alpha value is -1.33.